The summed E-state index contributed by atoms with van der Waals surface area (Å²) < 4.78 is 0. The maximum atomic E-state index is 4.39. The van der Waals surface area contributed by atoms with Crippen molar-refractivity contribution < 1.29 is 0 Å². The van der Waals surface area contributed by atoms with E-state index in [1.807, 2.05) is 30.6 Å². The number of para-hydroxylation sites is 1. The van der Waals surface area contributed by atoms with Crippen molar-refractivity contribution in [1.82, 2.24) is 15.3 Å². The normalized spacial score (nSPS) is 12.4. The molecule has 3 nitrogen and oxygen atoms in total. The molecule has 3 heteroatoms. The second-order valence-corrected chi connectivity index (χ2v) is 4.88. The van der Waals surface area contributed by atoms with E-state index in [9.17, 15) is 0 Å². The van der Waals surface area contributed by atoms with Crippen molar-refractivity contribution in [1.29, 1.82) is 0 Å². The summed E-state index contributed by atoms with van der Waals surface area (Å²) >= 11 is 0. The highest BCUT2D eigenvalue weighted by Gasteiger charge is 2.06. The molecule has 0 spiro atoms. The standard InChI is InChI=1S/C17H17N3/c1-13(14-5-4-9-18-11-14)20-12-15-8-10-19-17-7-3-2-6-16(15)17/h2-11,13,20H,12H2,1H3. The summed E-state index contributed by atoms with van der Waals surface area (Å²) in [6.07, 6.45) is 5.57. The Morgan fingerprint density at radius 3 is 2.80 bits per heavy atom. The average Bonchev–Trinajstić information content (AvgIpc) is 2.53. The highest BCUT2D eigenvalue weighted by molar-refractivity contribution is 5.81. The lowest BCUT2D eigenvalue weighted by Crippen LogP contribution is -2.18. The second kappa shape index (κ2) is 5.80. The summed E-state index contributed by atoms with van der Waals surface area (Å²) in [6.45, 7) is 2.97. The van der Waals surface area contributed by atoms with Crippen molar-refractivity contribution in [3.8, 4) is 0 Å². The molecule has 2 aromatic heterocycles. The monoisotopic (exact) mass is 263 g/mol. The molecule has 0 radical (unpaired) electrons. The van der Waals surface area contributed by atoms with Crippen molar-refractivity contribution in [2.75, 3.05) is 0 Å². The van der Waals surface area contributed by atoms with Gasteiger partial charge in [0, 0.05) is 36.6 Å². The summed E-state index contributed by atoms with van der Waals surface area (Å²) in [5.74, 6) is 0. The number of pyridine rings is 2. The minimum atomic E-state index is 0.274. The van der Waals surface area contributed by atoms with E-state index in [1.165, 1.54) is 16.5 Å². The lowest BCUT2D eigenvalue weighted by molar-refractivity contribution is 0.574. The lowest BCUT2D eigenvalue weighted by Gasteiger charge is -2.14. The maximum Gasteiger partial charge on any atom is 0.0705 e. The molecule has 0 aliphatic heterocycles. The number of fused-ring (bicyclic) bond motifs is 1. The lowest BCUT2D eigenvalue weighted by atomic mass is 10.1. The smallest absolute Gasteiger partial charge is 0.0705 e. The van der Waals surface area contributed by atoms with Crippen molar-refractivity contribution in [3.63, 3.8) is 0 Å². The van der Waals surface area contributed by atoms with Gasteiger partial charge in [0.05, 0.1) is 5.52 Å². The summed E-state index contributed by atoms with van der Waals surface area (Å²) in [5.41, 5.74) is 3.51. The maximum absolute atomic E-state index is 4.39. The summed E-state index contributed by atoms with van der Waals surface area (Å²) in [6, 6.07) is 14.6. The number of aromatic nitrogens is 2. The molecule has 0 aliphatic rings. The van der Waals surface area contributed by atoms with Crippen molar-refractivity contribution in [2.24, 2.45) is 0 Å². The first-order valence-electron chi connectivity index (χ1n) is 6.80. The number of nitrogens with zero attached hydrogens (tertiary/aromatic N) is 2. The third-order valence-electron chi connectivity index (χ3n) is 3.52. The molecule has 100 valence electrons. The fourth-order valence-electron chi connectivity index (χ4n) is 2.32. The molecule has 20 heavy (non-hydrogen) atoms. The largest absolute Gasteiger partial charge is 0.306 e. The predicted octanol–water partition coefficient (Wildman–Crippen LogP) is 3.48. The van der Waals surface area contributed by atoms with Crippen molar-refractivity contribution in [3.05, 3.63) is 72.2 Å². The molecule has 1 aromatic carbocycles. The molecule has 1 unspecified atom stereocenters. The van der Waals surface area contributed by atoms with Crippen LogP contribution in [0, 0.1) is 0 Å². The van der Waals surface area contributed by atoms with Crippen LogP contribution < -0.4 is 5.32 Å². The molecule has 3 aromatic rings. The molecule has 0 fully saturated rings. The number of benzene rings is 1. The van der Waals surface area contributed by atoms with Crippen LogP contribution in [0.15, 0.2) is 61.1 Å². The van der Waals surface area contributed by atoms with Gasteiger partial charge >= 0.3 is 0 Å². The van der Waals surface area contributed by atoms with Gasteiger partial charge in [0.1, 0.15) is 0 Å². The number of rotatable bonds is 4. The van der Waals surface area contributed by atoms with Gasteiger partial charge in [0.25, 0.3) is 0 Å². The van der Waals surface area contributed by atoms with E-state index >= 15 is 0 Å². The zero-order valence-corrected chi connectivity index (χ0v) is 11.5. The van der Waals surface area contributed by atoms with Gasteiger partial charge in [-0.15, -0.1) is 0 Å². The van der Waals surface area contributed by atoms with Gasteiger partial charge in [-0.1, -0.05) is 24.3 Å². The molecule has 0 saturated heterocycles. The van der Waals surface area contributed by atoms with E-state index in [-0.39, 0.29) is 6.04 Å². The molecule has 0 saturated carbocycles. The van der Waals surface area contributed by atoms with Gasteiger partial charge in [0.2, 0.25) is 0 Å². The number of hydrogen-bond donors (Lipinski definition) is 1. The molecule has 2 heterocycles. The average molecular weight is 263 g/mol. The third kappa shape index (κ3) is 2.68. The number of hydrogen-bond acceptors (Lipinski definition) is 3. The van der Waals surface area contributed by atoms with Gasteiger partial charge in [-0.3, -0.25) is 9.97 Å². The van der Waals surface area contributed by atoms with Crippen LogP contribution in [-0.4, -0.2) is 9.97 Å². The van der Waals surface area contributed by atoms with E-state index in [2.05, 4.69) is 46.5 Å². The Labute approximate surface area is 118 Å². The van der Waals surface area contributed by atoms with Crippen LogP contribution in [0.25, 0.3) is 10.9 Å². The summed E-state index contributed by atoms with van der Waals surface area (Å²) in [5, 5.41) is 4.75. The van der Waals surface area contributed by atoms with Crippen LogP contribution in [0.3, 0.4) is 0 Å². The van der Waals surface area contributed by atoms with Crippen molar-refractivity contribution in [2.45, 2.75) is 19.5 Å². The van der Waals surface area contributed by atoms with Gasteiger partial charge in [0.15, 0.2) is 0 Å². The Morgan fingerprint density at radius 2 is 1.95 bits per heavy atom. The summed E-state index contributed by atoms with van der Waals surface area (Å²) in [4.78, 5) is 8.55. The SMILES string of the molecule is CC(NCc1ccnc2ccccc12)c1cccnc1. The highest BCUT2D eigenvalue weighted by atomic mass is 14.9. The van der Waals surface area contributed by atoms with E-state index < -0.39 is 0 Å². The molecular weight excluding hydrogens is 246 g/mol. The molecule has 0 amide bonds. The zero-order valence-electron chi connectivity index (χ0n) is 11.5. The molecule has 3 rings (SSSR count). The van der Waals surface area contributed by atoms with E-state index in [1.54, 1.807) is 6.20 Å². The molecule has 1 atom stereocenters. The van der Waals surface area contributed by atoms with Gasteiger partial charge < -0.3 is 5.32 Å². The Hall–Kier alpha value is -2.26. The van der Waals surface area contributed by atoms with Gasteiger partial charge in [-0.25, -0.2) is 0 Å². The zero-order chi connectivity index (χ0) is 13.8. The van der Waals surface area contributed by atoms with E-state index in [0.717, 1.165) is 12.1 Å². The van der Waals surface area contributed by atoms with Crippen LogP contribution in [0.5, 0.6) is 0 Å². The van der Waals surface area contributed by atoms with Crippen LogP contribution in [-0.2, 0) is 6.54 Å². The molecule has 0 aliphatic carbocycles. The highest BCUT2D eigenvalue weighted by Crippen LogP contribution is 2.17. The topological polar surface area (TPSA) is 37.8 Å². The number of nitrogens with one attached hydrogen (secondary N) is 1. The first-order chi connectivity index (χ1) is 9.84. The fourth-order valence-corrected chi connectivity index (χ4v) is 2.32. The molecule has 1 N–H and O–H groups in total. The van der Waals surface area contributed by atoms with Gasteiger partial charge in [-0.2, -0.15) is 0 Å². The van der Waals surface area contributed by atoms with Crippen LogP contribution in [0.1, 0.15) is 24.1 Å². The first kappa shape index (κ1) is 12.8. The Kier molecular flexibility index (Phi) is 3.70. The molecular formula is C17H17N3. The van der Waals surface area contributed by atoms with Crippen LogP contribution in [0.2, 0.25) is 0 Å². The minimum absolute atomic E-state index is 0.274. The predicted molar refractivity (Wildman–Crippen MR) is 81.2 cm³/mol. The molecule has 0 bridgehead atoms. The van der Waals surface area contributed by atoms with E-state index in [0.29, 0.717) is 0 Å². The Morgan fingerprint density at radius 1 is 1.05 bits per heavy atom. The van der Waals surface area contributed by atoms with E-state index in [4.69, 9.17) is 0 Å². The second-order valence-electron chi connectivity index (χ2n) is 4.88. The van der Waals surface area contributed by atoms with Crippen molar-refractivity contribution >= 4 is 10.9 Å². The third-order valence-corrected chi connectivity index (χ3v) is 3.52. The minimum Gasteiger partial charge on any atom is -0.306 e. The van der Waals surface area contributed by atoms with Crippen LogP contribution in [0.4, 0.5) is 0 Å². The quantitative estimate of drug-likeness (QED) is 0.783. The Bertz CT molecular complexity index is 689. The van der Waals surface area contributed by atoms with Gasteiger partial charge in [-0.05, 0) is 36.2 Å². The Balaban J connectivity index is 1.77. The summed E-state index contributed by atoms with van der Waals surface area (Å²) in [7, 11) is 0. The first-order valence-corrected chi connectivity index (χ1v) is 6.80. The van der Waals surface area contributed by atoms with Crippen LogP contribution >= 0.6 is 0 Å². The fraction of sp³-hybridized carbons (Fsp3) is 0.176.